The summed E-state index contributed by atoms with van der Waals surface area (Å²) >= 11 is 0. The van der Waals surface area contributed by atoms with E-state index in [-0.39, 0.29) is 28.7 Å². The molecule has 1 unspecified atom stereocenters. The van der Waals surface area contributed by atoms with Gasteiger partial charge < -0.3 is 0 Å². The molecule has 0 saturated carbocycles. The molecule has 0 saturated heterocycles. The zero-order valence-electron chi connectivity index (χ0n) is 13.0. The van der Waals surface area contributed by atoms with E-state index >= 15 is 0 Å². The van der Waals surface area contributed by atoms with Gasteiger partial charge in [0.2, 0.25) is 0 Å². The molecule has 0 radical (unpaired) electrons. The van der Waals surface area contributed by atoms with Crippen molar-refractivity contribution in [2.45, 2.75) is 12.4 Å². The summed E-state index contributed by atoms with van der Waals surface area (Å²) in [6.45, 7) is 0. The first kappa shape index (κ1) is 22.5. The van der Waals surface area contributed by atoms with E-state index in [1.54, 1.807) is 12.1 Å². The third-order valence-electron chi connectivity index (χ3n) is 3.30. The van der Waals surface area contributed by atoms with Gasteiger partial charge in [0.1, 0.15) is 0 Å². The molecule has 3 aromatic rings. The van der Waals surface area contributed by atoms with Gasteiger partial charge in [0.05, 0.1) is 11.1 Å². The van der Waals surface area contributed by atoms with Crippen molar-refractivity contribution in [3.8, 4) is 11.1 Å². The van der Waals surface area contributed by atoms with Crippen molar-refractivity contribution < 1.29 is 43.4 Å². The van der Waals surface area contributed by atoms with E-state index in [1.165, 1.54) is 6.07 Å². The molecule has 0 N–H and O–H groups in total. The molecule has 0 amide bonds. The van der Waals surface area contributed by atoms with E-state index < -0.39 is 23.5 Å². The Bertz CT molecular complexity index is 750. The standard InChI is InChI=1S/C13H8F6P.C5H5.Fe/c14-12(15,16)8-4-7(10-2-1-3-11(10)20)5-9(6-8)13(17,18)19;1-2-4-5-3-1;/h1-6H,20H2;1-5H;/q2*-1;+2. The van der Waals surface area contributed by atoms with Crippen molar-refractivity contribution in [3.63, 3.8) is 0 Å². The fraction of sp³-hybridized carbons (Fsp3) is 0.111. The number of benzene rings is 1. The van der Waals surface area contributed by atoms with Crippen LogP contribution >= 0.6 is 9.24 Å². The summed E-state index contributed by atoms with van der Waals surface area (Å²) in [5.41, 5.74) is -2.41. The van der Waals surface area contributed by atoms with Crippen LogP contribution in [0.4, 0.5) is 26.3 Å². The summed E-state index contributed by atoms with van der Waals surface area (Å²) in [4.78, 5) is 0. The minimum absolute atomic E-state index is 0. The van der Waals surface area contributed by atoms with Gasteiger partial charge in [-0.2, -0.15) is 62.2 Å². The molecule has 0 heterocycles. The van der Waals surface area contributed by atoms with Crippen molar-refractivity contribution in [2.75, 3.05) is 0 Å². The Hall–Kier alpha value is -1.55. The van der Waals surface area contributed by atoms with Crippen molar-refractivity contribution in [3.05, 3.63) is 77.9 Å². The first-order valence-electron chi connectivity index (χ1n) is 7.07. The van der Waals surface area contributed by atoms with Gasteiger partial charge in [0.25, 0.3) is 0 Å². The quantitative estimate of drug-likeness (QED) is 0.192. The van der Waals surface area contributed by atoms with Crippen LogP contribution in [0.3, 0.4) is 0 Å². The number of hydrogen-bond donors (Lipinski definition) is 0. The molecule has 1 atom stereocenters. The molecule has 0 bridgehead atoms. The van der Waals surface area contributed by atoms with E-state index in [9.17, 15) is 26.3 Å². The fourth-order valence-electron chi connectivity index (χ4n) is 2.13. The van der Waals surface area contributed by atoms with Gasteiger partial charge in [0.15, 0.2) is 0 Å². The summed E-state index contributed by atoms with van der Waals surface area (Å²) in [5, 5.41) is 0.539. The Kier molecular flexibility index (Phi) is 7.69. The van der Waals surface area contributed by atoms with Crippen LogP contribution in [0, 0.1) is 0 Å². The van der Waals surface area contributed by atoms with Crippen molar-refractivity contribution in [2.24, 2.45) is 0 Å². The number of hydrogen-bond acceptors (Lipinski definition) is 0. The molecular formula is C18H13F6FeP. The van der Waals surface area contributed by atoms with Crippen LogP contribution < -0.4 is 5.30 Å². The minimum atomic E-state index is -4.83. The molecule has 3 rings (SSSR count). The molecule has 26 heavy (non-hydrogen) atoms. The van der Waals surface area contributed by atoms with Crippen LogP contribution in [0.2, 0.25) is 0 Å². The minimum Gasteiger partial charge on any atom is -0.214 e. The summed E-state index contributed by atoms with van der Waals surface area (Å²) in [6.07, 6.45) is -9.66. The van der Waals surface area contributed by atoms with Gasteiger partial charge >= 0.3 is 29.4 Å². The van der Waals surface area contributed by atoms with E-state index in [0.717, 1.165) is 12.1 Å². The largest absolute Gasteiger partial charge is 2.00 e. The van der Waals surface area contributed by atoms with E-state index in [1.807, 2.05) is 30.3 Å². The third kappa shape index (κ3) is 6.01. The SMILES string of the molecule is FC(F)(F)c1cc(-c2cc[cH-]c2P)cc(C(F)(F)F)c1.[Fe+2].c1cc[cH-]c1. The second kappa shape index (κ2) is 8.90. The molecule has 0 aliphatic rings. The molecule has 3 aromatic carbocycles. The Morgan fingerprint density at radius 2 is 1.27 bits per heavy atom. The van der Waals surface area contributed by atoms with Gasteiger partial charge in [-0.3, -0.25) is 0 Å². The second-order valence-electron chi connectivity index (χ2n) is 5.15. The van der Waals surface area contributed by atoms with Crippen LogP contribution in [0.5, 0.6) is 0 Å². The molecule has 0 aromatic heterocycles. The molecule has 0 nitrogen and oxygen atoms in total. The maximum atomic E-state index is 12.7. The molecule has 140 valence electrons. The molecule has 0 fully saturated rings. The molecule has 0 aliphatic carbocycles. The number of halogens is 6. The summed E-state index contributed by atoms with van der Waals surface area (Å²) in [6, 6.07) is 16.2. The Morgan fingerprint density at radius 1 is 0.769 bits per heavy atom. The molecule has 8 heteroatoms. The van der Waals surface area contributed by atoms with Gasteiger partial charge in [-0.1, -0.05) is 17.7 Å². The van der Waals surface area contributed by atoms with Gasteiger partial charge in [-0.05, 0) is 6.07 Å². The summed E-state index contributed by atoms with van der Waals surface area (Å²) in [5.74, 6) is 0. The Morgan fingerprint density at radius 3 is 1.58 bits per heavy atom. The zero-order chi connectivity index (χ0) is 18.7. The fourth-order valence-corrected chi connectivity index (χ4v) is 2.50. The summed E-state index contributed by atoms with van der Waals surface area (Å²) in [7, 11) is 2.28. The molecular weight excluding hydrogens is 417 g/mol. The average Bonchev–Trinajstić information content (AvgIpc) is 3.19. The van der Waals surface area contributed by atoms with E-state index in [0.29, 0.717) is 10.9 Å². The van der Waals surface area contributed by atoms with Crippen molar-refractivity contribution in [1.82, 2.24) is 0 Å². The molecule has 0 aliphatic heterocycles. The van der Waals surface area contributed by atoms with Gasteiger partial charge in [-0.15, -0.1) is 14.5 Å². The number of rotatable bonds is 1. The maximum absolute atomic E-state index is 12.7. The topological polar surface area (TPSA) is 0 Å². The van der Waals surface area contributed by atoms with Gasteiger partial charge in [0, 0.05) is 0 Å². The van der Waals surface area contributed by atoms with Gasteiger partial charge in [-0.25, -0.2) is 18.2 Å². The number of alkyl halides is 6. The zero-order valence-corrected chi connectivity index (χ0v) is 15.3. The molecule has 0 spiro atoms. The summed E-state index contributed by atoms with van der Waals surface area (Å²) < 4.78 is 76.2. The predicted molar refractivity (Wildman–Crippen MR) is 88.9 cm³/mol. The van der Waals surface area contributed by atoms with Crippen LogP contribution in [0.25, 0.3) is 11.1 Å². The third-order valence-corrected chi connectivity index (χ3v) is 3.81. The Labute approximate surface area is 159 Å². The van der Waals surface area contributed by atoms with E-state index in [4.69, 9.17) is 0 Å². The first-order valence-corrected chi connectivity index (χ1v) is 7.64. The van der Waals surface area contributed by atoms with E-state index in [2.05, 4.69) is 9.24 Å². The predicted octanol–water partition coefficient (Wildman–Crippen LogP) is 6.01. The first-order chi connectivity index (χ1) is 11.6. The van der Waals surface area contributed by atoms with Crippen LogP contribution in [0.15, 0.2) is 66.7 Å². The van der Waals surface area contributed by atoms with Crippen molar-refractivity contribution >= 4 is 14.5 Å². The van der Waals surface area contributed by atoms with Crippen LogP contribution in [-0.2, 0) is 29.4 Å². The maximum Gasteiger partial charge on any atom is 2.00 e. The van der Waals surface area contributed by atoms with Crippen molar-refractivity contribution in [1.29, 1.82) is 0 Å². The Balaban J connectivity index is 0.000000486. The normalized spacial score (nSPS) is 11.3. The van der Waals surface area contributed by atoms with Crippen LogP contribution in [-0.4, -0.2) is 0 Å². The second-order valence-corrected chi connectivity index (χ2v) is 5.77. The smallest absolute Gasteiger partial charge is 0.214 e. The average molecular weight is 430 g/mol. The van der Waals surface area contributed by atoms with Crippen LogP contribution in [0.1, 0.15) is 11.1 Å². The monoisotopic (exact) mass is 430 g/mol.